The Balaban J connectivity index is 2.47. The average Bonchev–Trinajstić information content (AvgIpc) is 2.18. The Morgan fingerprint density at radius 3 is 3.07 bits per heavy atom. The van der Waals surface area contributed by atoms with Crippen molar-refractivity contribution in [1.82, 2.24) is 4.98 Å². The molecule has 1 atom stereocenters. The van der Waals surface area contributed by atoms with Gasteiger partial charge in [-0.25, -0.2) is 4.98 Å². The van der Waals surface area contributed by atoms with Crippen molar-refractivity contribution < 1.29 is 5.11 Å². The van der Waals surface area contributed by atoms with E-state index in [0.717, 1.165) is 18.5 Å². The minimum Gasteiger partial charge on any atom is -0.396 e. The fourth-order valence-corrected chi connectivity index (χ4v) is 1.27. The predicted octanol–water partition coefficient (Wildman–Crippen LogP) is 1.24. The molecule has 4 nitrogen and oxygen atoms in total. The van der Waals surface area contributed by atoms with E-state index >= 15 is 0 Å². The standard InChI is InChI=1S/C10H17N3O/c1-8(4-3-7-14)13-9-5-2-6-12-10(9)11/h2,5-6,8,13-14H,3-4,7H2,1H3,(H2,11,12). The molecular formula is C10H17N3O. The Labute approximate surface area is 84.2 Å². The van der Waals surface area contributed by atoms with E-state index in [4.69, 9.17) is 10.8 Å². The normalized spacial score (nSPS) is 12.4. The third-order valence-electron chi connectivity index (χ3n) is 2.04. The molecule has 1 unspecified atom stereocenters. The lowest BCUT2D eigenvalue weighted by atomic mass is 10.2. The molecule has 0 spiro atoms. The number of hydrogen-bond donors (Lipinski definition) is 3. The van der Waals surface area contributed by atoms with Crippen LogP contribution in [0.1, 0.15) is 19.8 Å². The number of pyridine rings is 1. The van der Waals surface area contributed by atoms with E-state index in [0.29, 0.717) is 11.9 Å². The van der Waals surface area contributed by atoms with Crippen LogP contribution in [0.5, 0.6) is 0 Å². The first kappa shape index (κ1) is 10.8. The molecular weight excluding hydrogens is 178 g/mol. The van der Waals surface area contributed by atoms with Crippen molar-refractivity contribution in [1.29, 1.82) is 0 Å². The zero-order valence-electron chi connectivity index (χ0n) is 8.40. The van der Waals surface area contributed by atoms with Crippen molar-refractivity contribution in [3.8, 4) is 0 Å². The van der Waals surface area contributed by atoms with Gasteiger partial charge in [0.05, 0.1) is 5.69 Å². The van der Waals surface area contributed by atoms with Crippen LogP contribution >= 0.6 is 0 Å². The number of rotatable bonds is 5. The Morgan fingerprint density at radius 1 is 1.64 bits per heavy atom. The maximum Gasteiger partial charge on any atom is 0.146 e. The van der Waals surface area contributed by atoms with Crippen LogP contribution in [0.15, 0.2) is 18.3 Å². The Kier molecular flexibility index (Phi) is 4.19. The minimum atomic E-state index is 0.231. The van der Waals surface area contributed by atoms with Crippen LogP contribution in [0.3, 0.4) is 0 Å². The first-order valence-corrected chi connectivity index (χ1v) is 4.82. The van der Waals surface area contributed by atoms with E-state index in [1.54, 1.807) is 6.20 Å². The highest BCUT2D eigenvalue weighted by atomic mass is 16.2. The van der Waals surface area contributed by atoms with Crippen LogP contribution in [-0.4, -0.2) is 22.7 Å². The van der Waals surface area contributed by atoms with E-state index in [-0.39, 0.29) is 6.61 Å². The van der Waals surface area contributed by atoms with Crippen LogP contribution in [0, 0.1) is 0 Å². The van der Waals surface area contributed by atoms with E-state index in [2.05, 4.69) is 17.2 Å². The number of nitrogens with zero attached hydrogens (tertiary/aromatic N) is 1. The molecule has 0 saturated heterocycles. The zero-order valence-corrected chi connectivity index (χ0v) is 8.40. The molecule has 0 aliphatic rings. The predicted molar refractivity (Wildman–Crippen MR) is 58.1 cm³/mol. The van der Waals surface area contributed by atoms with Gasteiger partial charge in [0.25, 0.3) is 0 Å². The monoisotopic (exact) mass is 195 g/mol. The summed E-state index contributed by atoms with van der Waals surface area (Å²) in [6.45, 7) is 2.29. The largest absolute Gasteiger partial charge is 0.396 e. The van der Waals surface area contributed by atoms with Gasteiger partial charge in [-0.1, -0.05) is 0 Å². The third-order valence-corrected chi connectivity index (χ3v) is 2.04. The van der Waals surface area contributed by atoms with Gasteiger partial charge in [0.2, 0.25) is 0 Å². The number of nitrogens with two attached hydrogens (primary N) is 1. The van der Waals surface area contributed by atoms with E-state index in [1.165, 1.54) is 0 Å². The maximum absolute atomic E-state index is 8.67. The molecule has 1 rings (SSSR count). The van der Waals surface area contributed by atoms with Gasteiger partial charge in [-0.05, 0) is 31.9 Å². The van der Waals surface area contributed by atoms with Crippen LogP contribution in [-0.2, 0) is 0 Å². The number of nitrogen functional groups attached to an aromatic ring is 1. The lowest BCUT2D eigenvalue weighted by Crippen LogP contribution is -2.16. The van der Waals surface area contributed by atoms with Crippen LogP contribution in [0.2, 0.25) is 0 Å². The summed E-state index contributed by atoms with van der Waals surface area (Å²) in [5.74, 6) is 0.517. The first-order valence-electron chi connectivity index (χ1n) is 4.82. The molecule has 1 aromatic rings. The molecule has 1 heterocycles. The van der Waals surface area contributed by atoms with Crippen LogP contribution < -0.4 is 11.1 Å². The molecule has 1 aromatic heterocycles. The van der Waals surface area contributed by atoms with E-state index < -0.39 is 0 Å². The van der Waals surface area contributed by atoms with Crippen molar-refractivity contribution in [3.63, 3.8) is 0 Å². The van der Waals surface area contributed by atoms with Gasteiger partial charge in [-0.2, -0.15) is 0 Å². The highest BCUT2D eigenvalue weighted by Gasteiger charge is 2.03. The average molecular weight is 195 g/mol. The van der Waals surface area contributed by atoms with Gasteiger partial charge in [0.1, 0.15) is 5.82 Å². The number of nitrogens with one attached hydrogen (secondary N) is 1. The summed E-state index contributed by atoms with van der Waals surface area (Å²) in [7, 11) is 0. The van der Waals surface area contributed by atoms with Gasteiger partial charge < -0.3 is 16.2 Å². The smallest absolute Gasteiger partial charge is 0.146 e. The molecule has 4 N–H and O–H groups in total. The summed E-state index contributed by atoms with van der Waals surface area (Å²) in [5.41, 5.74) is 6.53. The number of aliphatic hydroxyl groups is 1. The number of aromatic nitrogens is 1. The van der Waals surface area contributed by atoms with Crippen molar-refractivity contribution in [2.75, 3.05) is 17.7 Å². The lowest BCUT2D eigenvalue weighted by molar-refractivity contribution is 0.282. The quantitative estimate of drug-likeness (QED) is 0.661. The van der Waals surface area contributed by atoms with Crippen molar-refractivity contribution in [2.45, 2.75) is 25.8 Å². The van der Waals surface area contributed by atoms with E-state index in [1.807, 2.05) is 12.1 Å². The molecule has 4 heteroatoms. The molecule has 0 radical (unpaired) electrons. The molecule has 0 aromatic carbocycles. The van der Waals surface area contributed by atoms with Crippen molar-refractivity contribution in [2.24, 2.45) is 0 Å². The minimum absolute atomic E-state index is 0.231. The molecule has 0 amide bonds. The fourth-order valence-electron chi connectivity index (χ4n) is 1.27. The second-order valence-electron chi connectivity index (χ2n) is 3.35. The molecule has 0 aliphatic carbocycles. The molecule has 78 valence electrons. The highest BCUT2D eigenvalue weighted by molar-refractivity contribution is 5.61. The Bertz CT molecular complexity index is 278. The third kappa shape index (κ3) is 3.22. The van der Waals surface area contributed by atoms with Gasteiger partial charge in [-0.15, -0.1) is 0 Å². The maximum atomic E-state index is 8.67. The summed E-state index contributed by atoms with van der Waals surface area (Å²) in [6, 6.07) is 4.04. The van der Waals surface area contributed by atoms with Crippen LogP contribution in [0.4, 0.5) is 11.5 Å². The summed E-state index contributed by atoms with van der Waals surface area (Å²) in [6.07, 6.45) is 3.39. The zero-order chi connectivity index (χ0) is 10.4. The summed E-state index contributed by atoms with van der Waals surface area (Å²) < 4.78 is 0. The first-order chi connectivity index (χ1) is 6.74. The Morgan fingerprint density at radius 2 is 2.43 bits per heavy atom. The lowest BCUT2D eigenvalue weighted by Gasteiger charge is -2.15. The topological polar surface area (TPSA) is 71.2 Å². The second kappa shape index (κ2) is 5.44. The van der Waals surface area contributed by atoms with E-state index in [9.17, 15) is 0 Å². The highest BCUT2D eigenvalue weighted by Crippen LogP contribution is 2.15. The van der Waals surface area contributed by atoms with Crippen molar-refractivity contribution >= 4 is 11.5 Å². The van der Waals surface area contributed by atoms with Gasteiger partial charge in [0.15, 0.2) is 0 Å². The van der Waals surface area contributed by atoms with Gasteiger partial charge in [0, 0.05) is 18.8 Å². The molecule has 0 fully saturated rings. The van der Waals surface area contributed by atoms with Gasteiger partial charge in [-0.3, -0.25) is 0 Å². The van der Waals surface area contributed by atoms with Crippen molar-refractivity contribution in [3.05, 3.63) is 18.3 Å². The summed E-state index contributed by atoms with van der Waals surface area (Å²) in [4.78, 5) is 3.98. The second-order valence-corrected chi connectivity index (χ2v) is 3.35. The fraction of sp³-hybridized carbons (Fsp3) is 0.500. The SMILES string of the molecule is CC(CCCO)Nc1cccnc1N. The number of anilines is 2. The molecule has 0 aliphatic heterocycles. The number of hydrogen-bond acceptors (Lipinski definition) is 4. The molecule has 0 saturated carbocycles. The summed E-state index contributed by atoms with van der Waals surface area (Å²) in [5, 5.41) is 11.9. The summed E-state index contributed by atoms with van der Waals surface area (Å²) >= 11 is 0. The van der Waals surface area contributed by atoms with Gasteiger partial charge >= 0.3 is 0 Å². The molecule has 0 bridgehead atoms. The molecule has 14 heavy (non-hydrogen) atoms. The van der Waals surface area contributed by atoms with Crippen LogP contribution in [0.25, 0.3) is 0 Å². The Hall–Kier alpha value is -1.29. The number of aliphatic hydroxyl groups excluding tert-OH is 1.